The lowest BCUT2D eigenvalue weighted by Gasteiger charge is -2.40. The standard InChI is InChI=1S/C29H32ClN3O3/c1-29(2,3)20-13-15-33(16-14-20)26-12-5-19(17-24(26)28(35)36)27(34)25-11-10-23(18-31-25)32(4)22-8-6-21(30)7-9-22/h5-12,17-18,20H,13-16H2,1-4H3,(H,35,36). The molecule has 0 atom stereocenters. The fraction of sp³-hybridized carbons (Fsp3) is 0.345. The third-order valence-electron chi connectivity index (χ3n) is 7.13. The van der Waals surface area contributed by atoms with Gasteiger partial charge in [-0.3, -0.25) is 9.78 Å². The summed E-state index contributed by atoms with van der Waals surface area (Å²) >= 11 is 5.97. The Morgan fingerprint density at radius 3 is 2.19 bits per heavy atom. The molecule has 2 aromatic carbocycles. The van der Waals surface area contributed by atoms with Gasteiger partial charge in [-0.1, -0.05) is 32.4 Å². The Morgan fingerprint density at radius 1 is 1.00 bits per heavy atom. The van der Waals surface area contributed by atoms with Gasteiger partial charge in [0.15, 0.2) is 0 Å². The number of hydrogen-bond donors (Lipinski definition) is 1. The molecule has 1 fully saturated rings. The molecule has 188 valence electrons. The molecular formula is C29H32ClN3O3. The number of rotatable bonds is 6. The Kier molecular flexibility index (Phi) is 7.36. The molecule has 7 heteroatoms. The highest BCUT2D eigenvalue weighted by Gasteiger charge is 2.30. The summed E-state index contributed by atoms with van der Waals surface area (Å²) in [5.74, 6) is -0.739. The van der Waals surface area contributed by atoms with E-state index in [1.165, 1.54) is 6.07 Å². The number of ketones is 1. The molecule has 1 N–H and O–H groups in total. The molecule has 0 spiro atoms. The number of carboxylic acid groups (broad SMARTS) is 1. The normalized spacial score (nSPS) is 14.5. The first-order valence-electron chi connectivity index (χ1n) is 12.2. The van der Waals surface area contributed by atoms with Crippen LogP contribution in [-0.4, -0.2) is 42.0 Å². The van der Waals surface area contributed by atoms with E-state index in [4.69, 9.17) is 11.6 Å². The molecule has 4 rings (SSSR count). The molecule has 1 saturated heterocycles. The average Bonchev–Trinajstić information content (AvgIpc) is 2.87. The number of piperidine rings is 1. The summed E-state index contributed by atoms with van der Waals surface area (Å²) in [6.07, 6.45) is 3.67. The molecule has 1 aliphatic rings. The van der Waals surface area contributed by atoms with Crippen LogP contribution in [0.4, 0.5) is 17.1 Å². The van der Waals surface area contributed by atoms with Crippen molar-refractivity contribution in [3.05, 3.63) is 82.6 Å². The van der Waals surface area contributed by atoms with Gasteiger partial charge in [0.1, 0.15) is 5.69 Å². The van der Waals surface area contributed by atoms with E-state index in [9.17, 15) is 14.7 Å². The summed E-state index contributed by atoms with van der Waals surface area (Å²) in [6.45, 7) is 8.38. The summed E-state index contributed by atoms with van der Waals surface area (Å²) in [6, 6.07) is 15.9. The van der Waals surface area contributed by atoms with Crippen molar-refractivity contribution >= 4 is 40.4 Å². The van der Waals surface area contributed by atoms with Gasteiger partial charge in [0.2, 0.25) is 5.78 Å². The SMILES string of the molecule is CN(c1ccc(Cl)cc1)c1ccc(C(=O)c2ccc(N3CCC(C(C)(C)C)CC3)c(C(=O)O)c2)nc1. The number of carbonyl (C=O) groups is 2. The van der Waals surface area contributed by atoms with Crippen molar-refractivity contribution in [3.8, 4) is 0 Å². The van der Waals surface area contributed by atoms with Crippen LogP contribution in [0.1, 0.15) is 60.0 Å². The van der Waals surface area contributed by atoms with Crippen LogP contribution in [0.25, 0.3) is 0 Å². The third-order valence-corrected chi connectivity index (χ3v) is 7.38. The molecule has 3 aromatic rings. The van der Waals surface area contributed by atoms with E-state index in [0.717, 1.165) is 37.3 Å². The second kappa shape index (κ2) is 10.3. The maximum atomic E-state index is 13.2. The number of halogens is 1. The minimum absolute atomic E-state index is 0.147. The minimum atomic E-state index is -1.04. The Bertz CT molecular complexity index is 1240. The molecule has 0 amide bonds. The molecule has 0 unspecified atom stereocenters. The van der Waals surface area contributed by atoms with Crippen LogP contribution in [0.2, 0.25) is 5.02 Å². The van der Waals surface area contributed by atoms with Gasteiger partial charge in [-0.2, -0.15) is 0 Å². The lowest BCUT2D eigenvalue weighted by molar-refractivity contribution is 0.0697. The zero-order valence-electron chi connectivity index (χ0n) is 21.2. The van der Waals surface area contributed by atoms with Gasteiger partial charge in [-0.15, -0.1) is 0 Å². The van der Waals surface area contributed by atoms with Crippen LogP contribution in [0.5, 0.6) is 0 Å². The largest absolute Gasteiger partial charge is 0.478 e. The van der Waals surface area contributed by atoms with Crippen molar-refractivity contribution in [3.63, 3.8) is 0 Å². The molecule has 0 saturated carbocycles. The van der Waals surface area contributed by atoms with Gasteiger partial charge < -0.3 is 14.9 Å². The smallest absolute Gasteiger partial charge is 0.337 e. The van der Waals surface area contributed by atoms with E-state index < -0.39 is 5.97 Å². The molecule has 2 heterocycles. The number of nitrogens with zero attached hydrogens (tertiary/aromatic N) is 3. The first-order chi connectivity index (χ1) is 17.0. The lowest BCUT2D eigenvalue weighted by atomic mass is 9.75. The minimum Gasteiger partial charge on any atom is -0.478 e. The van der Waals surface area contributed by atoms with E-state index in [0.29, 0.717) is 22.2 Å². The average molecular weight is 506 g/mol. The predicted octanol–water partition coefficient (Wildman–Crippen LogP) is 6.69. The second-order valence-electron chi connectivity index (χ2n) is 10.4. The number of anilines is 3. The molecule has 6 nitrogen and oxygen atoms in total. The fourth-order valence-corrected chi connectivity index (χ4v) is 4.92. The molecule has 0 aliphatic carbocycles. The van der Waals surface area contributed by atoms with Gasteiger partial charge in [0.25, 0.3) is 0 Å². The van der Waals surface area contributed by atoms with Crippen molar-refractivity contribution in [2.24, 2.45) is 11.3 Å². The number of hydrogen-bond acceptors (Lipinski definition) is 5. The van der Waals surface area contributed by atoms with Crippen molar-refractivity contribution in [2.75, 3.05) is 29.9 Å². The van der Waals surface area contributed by atoms with Crippen LogP contribution in [0.3, 0.4) is 0 Å². The Morgan fingerprint density at radius 2 is 1.64 bits per heavy atom. The third kappa shape index (κ3) is 5.54. The van der Waals surface area contributed by atoms with E-state index in [-0.39, 0.29) is 22.5 Å². The van der Waals surface area contributed by atoms with E-state index in [1.807, 2.05) is 42.3 Å². The molecule has 1 aliphatic heterocycles. The predicted molar refractivity (Wildman–Crippen MR) is 145 cm³/mol. The highest BCUT2D eigenvalue weighted by molar-refractivity contribution is 6.30. The maximum absolute atomic E-state index is 13.2. The maximum Gasteiger partial charge on any atom is 0.337 e. The summed E-state index contributed by atoms with van der Waals surface area (Å²) in [7, 11) is 1.91. The van der Waals surface area contributed by atoms with Gasteiger partial charge in [-0.25, -0.2) is 4.79 Å². The summed E-state index contributed by atoms with van der Waals surface area (Å²) in [5, 5.41) is 10.6. The van der Waals surface area contributed by atoms with Crippen LogP contribution in [-0.2, 0) is 0 Å². The highest BCUT2D eigenvalue weighted by atomic mass is 35.5. The van der Waals surface area contributed by atoms with Crippen LogP contribution >= 0.6 is 11.6 Å². The molecular weight excluding hydrogens is 474 g/mol. The lowest BCUT2D eigenvalue weighted by Crippen LogP contribution is -2.38. The number of benzene rings is 2. The van der Waals surface area contributed by atoms with Gasteiger partial charge in [-0.05, 0) is 78.8 Å². The zero-order valence-corrected chi connectivity index (χ0v) is 21.9. The fourth-order valence-electron chi connectivity index (χ4n) is 4.79. The van der Waals surface area contributed by atoms with E-state index >= 15 is 0 Å². The van der Waals surface area contributed by atoms with Crippen LogP contribution < -0.4 is 9.80 Å². The molecule has 0 radical (unpaired) electrons. The first kappa shape index (κ1) is 25.7. The van der Waals surface area contributed by atoms with Gasteiger partial charge >= 0.3 is 5.97 Å². The Hall–Kier alpha value is -3.38. The van der Waals surface area contributed by atoms with Crippen LogP contribution in [0, 0.1) is 11.3 Å². The molecule has 1 aromatic heterocycles. The Labute approximate surface area is 217 Å². The second-order valence-corrected chi connectivity index (χ2v) is 10.9. The van der Waals surface area contributed by atoms with Gasteiger partial charge in [0, 0.05) is 36.4 Å². The molecule has 36 heavy (non-hydrogen) atoms. The van der Waals surface area contributed by atoms with Crippen molar-refractivity contribution in [1.29, 1.82) is 0 Å². The summed E-state index contributed by atoms with van der Waals surface area (Å²) in [5.41, 5.74) is 3.38. The number of pyridine rings is 1. The monoisotopic (exact) mass is 505 g/mol. The Balaban J connectivity index is 1.52. The number of aromatic nitrogens is 1. The highest BCUT2D eigenvalue weighted by Crippen LogP contribution is 2.36. The topological polar surface area (TPSA) is 73.7 Å². The zero-order chi connectivity index (χ0) is 26.0. The summed E-state index contributed by atoms with van der Waals surface area (Å²) in [4.78, 5) is 33.7. The van der Waals surface area contributed by atoms with Crippen molar-refractivity contribution in [1.82, 2.24) is 4.98 Å². The molecule has 0 bridgehead atoms. The number of carbonyl (C=O) groups excluding carboxylic acids is 1. The number of aromatic carboxylic acids is 1. The quantitative estimate of drug-likeness (QED) is 0.376. The van der Waals surface area contributed by atoms with Crippen molar-refractivity contribution in [2.45, 2.75) is 33.6 Å². The van der Waals surface area contributed by atoms with Crippen molar-refractivity contribution < 1.29 is 14.7 Å². The first-order valence-corrected chi connectivity index (χ1v) is 12.5. The summed E-state index contributed by atoms with van der Waals surface area (Å²) < 4.78 is 0. The van der Waals surface area contributed by atoms with E-state index in [1.54, 1.807) is 24.4 Å². The van der Waals surface area contributed by atoms with E-state index in [2.05, 4.69) is 30.7 Å². The number of carboxylic acids is 1. The van der Waals surface area contributed by atoms with Crippen LogP contribution in [0.15, 0.2) is 60.8 Å². The van der Waals surface area contributed by atoms with Gasteiger partial charge in [0.05, 0.1) is 23.1 Å².